The van der Waals surface area contributed by atoms with Gasteiger partial charge < -0.3 is 14.1 Å². The van der Waals surface area contributed by atoms with Crippen molar-refractivity contribution in [3.05, 3.63) is 52.4 Å². The van der Waals surface area contributed by atoms with Gasteiger partial charge in [-0.15, -0.1) is 0 Å². The molecule has 1 aromatic heterocycles. The summed E-state index contributed by atoms with van der Waals surface area (Å²) < 4.78 is 48.6. The number of hydrogen-bond donors (Lipinski definition) is 0. The lowest BCUT2D eigenvalue weighted by atomic mass is 10.2. The van der Waals surface area contributed by atoms with Crippen LogP contribution in [0, 0.1) is 0 Å². The van der Waals surface area contributed by atoms with E-state index in [9.17, 15) is 18.0 Å². The Morgan fingerprint density at radius 3 is 2.62 bits per heavy atom. The van der Waals surface area contributed by atoms with E-state index in [1.807, 2.05) is 0 Å². The molecule has 142 valence electrons. The molecular formula is C17H16Cl2F3NO3. The van der Waals surface area contributed by atoms with E-state index in [4.69, 9.17) is 32.4 Å². The standard InChI is InChI=1S/C17H16Cl2F3NO3/c18-12-5-6-15(14(19)9-12)26-8-2-4-16(24)23(11-17(20,21)22)10-13-3-1-7-25-13/h1,3,5-7,9H,2,4,8,10-11H2. The Bertz CT molecular complexity index is 721. The monoisotopic (exact) mass is 409 g/mol. The number of carbonyl (C=O) groups excluding carboxylic acids is 1. The summed E-state index contributed by atoms with van der Waals surface area (Å²) in [7, 11) is 0. The van der Waals surface area contributed by atoms with Crippen molar-refractivity contribution >= 4 is 29.1 Å². The first-order valence-electron chi connectivity index (χ1n) is 7.69. The molecule has 1 heterocycles. The van der Waals surface area contributed by atoms with Crippen LogP contribution in [0.1, 0.15) is 18.6 Å². The molecule has 0 fully saturated rings. The summed E-state index contributed by atoms with van der Waals surface area (Å²) >= 11 is 11.7. The quantitative estimate of drug-likeness (QED) is 0.552. The van der Waals surface area contributed by atoms with Gasteiger partial charge in [0.2, 0.25) is 5.91 Å². The molecule has 2 rings (SSSR count). The molecule has 26 heavy (non-hydrogen) atoms. The maximum atomic E-state index is 12.7. The molecular weight excluding hydrogens is 394 g/mol. The van der Waals surface area contributed by atoms with Crippen molar-refractivity contribution in [3.8, 4) is 5.75 Å². The van der Waals surface area contributed by atoms with Crippen molar-refractivity contribution in [2.75, 3.05) is 13.2 Å². The zero-order valence-corrected chi connectivity index (χ0v) is 15.1. The fourth-order valence-electron chi connectivity index (χ4n) is 2.20. The van der Waals surface area contributed by atoms with Crippen molar-refractivity contribution < 1.29 is 27.1 Å². The highest BCUT2D eigenvalue weighted by Crippen LogP contribution is 2.27. The minimum absolute atomic E-state index is 0.0952. The number of nitrogens with zero attached hydrogens (tertiary/aromatic N) is 1. The van der Waals surface area contributed by atoms with E-state index >= 15 is 0 Å². The van der Waals surface area contributed by atoms with E-state index in [1.54, 1.807) is 18.2 Å². The molecule has 0 aliphatic rings. The van der Waals surface area contributed by atoms with Crippen LogP contribution in [-0.2, 0) is 11.3 Å². The number of amides is 1. The minimum atomic E-state index is -4.49. The Kier molecular flexibility index (Phi) is 7.23. The molecule has 0 unspecified atom stereocenters. The van der Waals surface area contributed by atoms with Crippen LogP contribution in [0.2, 0.25) is 10.0 Å². The fourth-order valence-corrected chi connectivity index (χ4v) is 2.66. The number of alkyl halides is 3. The van der Waals surface area contributed by atoms with Crippen molar-refractivity contribution in [3.63, 3.8) is 0 Å². The number of furan rings is 1. The largest absolute Gasteiger partial charge is 0.492 e. The zero-order valence-electron chi connectivity index (χ0n) is 13.6. The Morgan fingerprint density at radius 2 is 2.00 bits per heavy atom. The second-order valence-corrected chi connectivity index (χ2v) is 6.31. The molecule has 0 atom stereocenters. The SMILES string of the molecule is O=C(CCCOc1ccc(Cl)cc1Cl)N(Cc1ccco1)CC(F)(F)F. The predicted octanol–water partition coefficient (Wildman–Crippen LogP) is 5.34. The third-order valence-corrected chi connectivity index (χ3v) is 3.87. The van der Waals surface area contributed by atoms with Gasteiger partial charge in [0.1, 0.15) is 18.1 Å². The molecule has 2 aromatic rings. The smallest absolute Gasteiger partial charge is 0.406 e. The summed E-state index contributed by atoms with van der Waals surface area (Å²) in [6.07, 6.45) is -3.00. The molecule has 0 radical (unpaired) electrons. The molecule has 0 bridgehead atoms. The van der Waals surface area contributed by atoms with E-state index < -0.39 is 18.6 Å². The van der Waals surface area contributed by atoms with Crippen LogP contribution in [0.3, 0.4) is 0 Å². The highest BCUT2D eigenvalue weighted by molar-refractivity contribution is 6.35. The Morgan fingerprint density at radius 1 is 1.23 bits per heavy atom. The normalized spacial score (nSPS) is 11.4. The van der Waals surface area contributed by atoms with Gasteiger partial charge in [0.25, 0.3) is 0 Å². The van der Waals surface area contributed by atoms with Crippen LogP contribution in [-0.4, -0.2) is 30.1 Å². The number of carbonyl (C=O) groups is 1. The molecule has 0 saturated heterocycles. The van der Waals surface area contributed by atoms with Crippen molar-refractivity contribution in [1.29, 1.82) is 0 Å². The van der Waals surface area contributed by atoms with Gasteiger partial charge in [0.15, 0.2) is 0 Å². The summed E-state index contributed by atoms with van der Waals surface area (Å²) in [4.78, 5) is 12.9. The summed E-state index contributed by atoms with van der Waals surface area (Å²) in [5, 5.41) is 0.776. The molecule has 0 spiro atoms. The minimum Gasteiger partial charge on any atom is -0.492 e. The Labute approximate surface area is 158 Å². The van der Waals surface area contributed by atoms with E-state index in [1.165, 1.54) is 18.4 Å². The van der Waals surface area contributed by atoms with Crippen LogP contribution >= 0.6 is 23.2 Å². The highest BCUT2D eigenvalue weighted by atomic mass is 35.5. The molecule has 4 nitrogen and oxygen atoms in total. The van der Waals surface area contributed by atoms with Crippen LogP contribution < -0.4 is 4.74 Å². The first-order chi connectivity index (χ1) is 12.2. The number of halogens is 5. The Balaban J connectivity index is 1.85. The van der Waals surface area contributed by atoms with E-state index in [-0.39, 0.29) is 31.8 Å². The third kappa shape index (κ3) is 6.80. The summed E-state index contributed by atoms with van der Waals surface area (Å²) in [5.74, 6) is 0.0440. The van der Waals surface area contributed by atoms with Crippen LogP contribution in [0.5, 0.6) is 5.75 Å². The number of ether oxygens (including phenoxy) is 1. The first-order valence-corrected chi connectivity index (χ1v) is 8.45. The van der Waals surface area contributed by atoms with Gasteiger partial charge in [-0.1, -0.05) is 23.2 Å². The second-order valence-electron chi connectivity index (χ2n) is 5.47. The lowest BCUT2D eigenvalue weighted by Gasteiger charge is -2.23. The van der Waals surface area contributed by atoms with E-state index in [2.05, 4.69) is 0 Å². The lowest BCUT2D eigenvalue weighted by Crippen LogP contribution is -2.38. The van der Waals surface area contributed by atoms with Crippen molar-refractivity contribution in [1.82, 2.24) is 4.90 Å². The average Bonchev–Trinajstić information content (AvgIpc) is 3.04. The zero-order chi connectivity index (χ0) is 19.2. The molecule has 9 heteroatoms. The molecule has 1 amide bonds. The molecule has 0 aliphatic carbocycles. The second kappa shape index (κ2) is 9.19. The molecule has 0 N–H and O–H groups in total. The summed E-state index contributed by atoms with van der Waals surface area (Å²) in [5.41, 5.74) is 0. The van der Waals surface area contributed by atoms with Crippen LogP contribution in [0.4, 0.5) is 13.2 Å². The van der Waals surface area contributed by atoms with Gasteiger partial charge in [-0.05, 0) is 36.8 Å². The Hall–Kier alpha value is -1.86. The van der Waals surface area contributed by atoms with Gasteiger partial charge in [-0.2, -0.15) is 13.2 Å². The summed E-state index contributed by atoms with van der Waals surface area (Å²) in [6, 6.07) is 7.76. The van der Waals surface area contributed by atoms with E-state index in [0.717, 1.165) is 0 Å². The average molecular weight is 410 g/mol. The van der Waals surface area contributed by atoms with Gasteiger partial charge in [-0.25, -0.2) is 0 Å². The first kappa shape index (κ1) is 20.5. The lowest BCUT2D eigenvalue weighted by molar-refractivity contribution is -0.163. The van der Waals surface area contributed by atoms with Crippen molar-refractivity contribution in [2.45, 2.75) is 25.6 Å². The van der Waals surface area contributed by atoms with Crippen LogP contribution in [0.25, 0.3) is 0 Å². The maximum absolute atomic E-state index is 12.7. The molecule has 0 aliphatic heterocycles. The van der Waals surface area contributed by atoms with Gasteiger partial charge >= 0.3 is 6.18 Å². The number of hydrogen-bond acceptors (Lipinski definition) is 3. The maximum Gasteiger partial charge on any atom is 0.406 e. The van der Waals surface area contributed by atoms with Gasteiger partial charge in [-0.3, -0.25) is 4.79 Å². The summed E-state index contributed by atoms with van der Waals surface area (Å²) in [6.45, 7) is -1.45. The predicted molar refractivity (Wildman–Crippen MR) is 91.4 cm³/mol. The fraction of sp³-hybridized carbons (Fsp3) is 0.353. The van der Waals surface area contributed by atoms with Crippen molar-refractivity contribution in [2.24, 2.45) is 0 Å². The number of rotatable bonds is 8. The van der Waals surface area contributed by atoms with Gasteiger partial charge in [0.05, 0.1) is 24.4 Å². The number of benzene rings is 1. The third-order valence-electron chi connectivity index (χ3n) is 3.34. The molecule has 0 saturated carbocycles. The van der Waals surface area contributed by atoms with E-state index in [0.29, 0.717) is 20.7 Å². The van der Waals surface area contributed by atoms with Crippen LogP contribution in [0.15, 0.2) is 41.0 Å². The van der Waals surface area contributed by atoms with Gasteiger partial charge in [0, 0.05) is 11.4 Å². The molecule has 1 aromatic carbocycles. The highest BCUT2D eigenvalue weighted by Gasteiger charge is 2.33. The topological polar surface area (TPSA) is 42.7 Å².